The zero-order valence-electron chi connectivity index (χ0n) is 11.0. The second kappa shape index (κ2) is 7.35. The van der Waals surface area contributed by atoms with Crippen LogP contribution in [-0.4, -0.2) is 28.5 Å². The topological polar surface area (TPSA) is 81.2 Å². The quantitative estimate of drug-likeness (QED) is 0.670. The van der Waals surface area contributed by atoms with Crippen molar-refractivity contribution in [3.63, 3.8) is 0 Å². The van der Waals surface area contributed by atoms with Crippen LogP contribution < -0.4 is 5.32 Å². The first-order valence-electron chi connectivity index (χ1n) is 6.09. The summed E-state index contributed by atoms with van der Waals surface area (Å²) in [4.78, 5) is 30.9. The molecule has 0 saturated carbocycles. The van der Waals surface area contributed by atoms with Gasteiger partial charge < -0.3 is 10.1 Å². The lowest BCUT2D eigenvalue weighted by Gasteiger charge is -2.06. The fourth-order valence-corrected chi connectivity index (χ4v) is 1.67. The Kier molecular flexibility index (Phi) is 5.22. The highest BCUT2D eigenvalue weighted by atomic mass is 35.5. The van der Waals surface area contributed by atoms with Crippen molar-refractivity contribution >= 4 is 23.5 Å². The fourth-order valence-electron chi connectivity index (χ4n) is 1.50. The molecule has 108 valence electrons. The molecule has 0 aliphatic heterocycles. The normalized spacial score (nSPS) is 9.95. The number of nitrogens with zero attached hydrogens (tertiary/aromatic N) is 2. The average molecular weight is 306 g/mol. The number of aromatic nitrogens is 2. The number of amides is 1. The molecule has 0 aliphatic carbocycles. The number of hydrogen-bond donors (Lipinski definition) is 1. The van der Waals surface area contributed by atoms with E-state index in [1.807, 2.05) is 6.07 Å². The van der Waals surface area contributed by atoms with E-state index in [1.54, 1.807) is 18.5 Å². The van der Waals surface area contributed by atoms with Gasteiger partial charge in [0.15, 0.2) is 6.61 Å². The van der Waals surface area contributed by atoms with Crippen molar-refractivity contribution in [2.24, 2.45) is 0 Å². The molecule has 1 amide bonds. The summed E-state index contributed by atoms with van der Waals surface area (Å²) in [6.45, 7) is -0.0374. The van der Waals surface area contributed by atoms with Crippen molar-refractivity contribution in [1.82, 2.24) is 15.3 Å². The summed E-state index contributed by atoms with van der Waals surface area (Å²) in [5.74, 6) is -1.02. The number of pyridine rings is 2. The molecular formula is C14H12ClN3O3. The maximum atomic E-state index is 11.7. The minimum atomic E-state index is -0.629. The van der Waals surface area contributed by atoms with Gasteiger partial charge in [0.1, 0.15) is 5.15 Å². The summed E-state index contributed by atoms with van der Waals surface area (Å²) in [7, 11) is 0. The lowest BCUT2D eigenvalue weighted by molar-refractivity contribution is -0.124. The van der Waals surface area contributed by atoms with Crippen molar-refractivity contribution in [1.29, 1.82) is 0 Å². The number of nitrogens with one attached hydrogen (secondary N) is 1. The van der Waals surface area contributed by atoms with Crippen LogP contribution in [-0.2, 0) is 16.1 Å². The molecular weight excluding hydrogens is 294 g/mol. The molecule has 0 bridgehead atoms. The van der Waals surface area contributed by atoms with Gasteiger partial charge in [-0.25, -0.2) is 9.78 Å². The van der Waals surface area contributed by atoms with E-state index in [0.717, 1.165) is 5.56 Å². The first-order valence-corrected chi connectivity index (χ1v) is 6.47. The van der Waals surface area contributed by atoms with E-state index in [0.29, 0.717) is 6.54 Å². The van der Waals surface area contributed by atoms with E-state index in [9.17, 15) is 9.59 Å². The van der Waals surface area contributed by atoms with E-state index in [-0.39, 0.29) is 17.3 Å². The smallest absolute Gasteiger partial charge is 0.338 e. The van der Waals surface area contributed by atoms with Crippen LogP contribution in [0.1, 0.15) is 15.9 Å². The summed E-state index contributed by atoms with van der Waals surface area (Å²) in [6, 6.07) is 6.44. The van der Waals surface area contributed by atoms with Crippen molar-refractivity contribution in [3.8, 4) is 0 Å². The molecule has 0 unspecified atom stereocenters. The maximum Gasteiger partial charge on any atom is 0.338 e. The van der Waals surface area contributed by atoms with Crippen molar-refractivity contribution in [2.75, 3.05) is 6.61 Å². The summed E-state index contributed by atoms with van der Waals surface area (Å²) in [6.07, 6.45) is 4.68. The molecule has 0 aliphatic rings. The van der Waals surface area contributed by atoms with E-state index >= 15 is 0 Å². The molecule has 6 nitrogen and oxygen atoms in total. The Hall–Kier alpha value is -2.47. The Labute approximate surface area is 126 Å². The summed E-state index contributed by atoms with van der Waals surface area (Å²) < 4.78 is 4.88. The highest BCUT2D eigenvalue weighted by Crippen LogP contribution is 2.08. The van der Waals surface area contributed by atoms with Gasteiger partial charge in [-0.2, -0.15) is 0 Å². The zero-order chi connectivity index (χ0) is 15.1. The molecule has 2 rings (SSSR count). The van der Waals surface area contributed by atoms with Crippen LogP contribution in [0.2, 0.25) is 5.15 Å². The molecule has 0 aromatic carbocycles. The van der Waals surface area contributed by atoms with Crippen LogP contribution in [0.25, 0.3) is 0 Å². The predicted molar refractivity (Wildman–Crippen MR) is 75.6 cm³/mol. The van der Waals surface area contributed by atoms with E-state index < -0.39 is 11.9 Å². The maximum absolute atomic E-state index is 11.7. The molecule has 2 heterocycles. The molecule has 21 heavy (non-hydrogen) atoms. The second-order valence-corrected chi connectivity index (χ2v) is 4.47. The van der Waals surface area contributed by atoms with Gasteiger partial charge in [-0.15, -0.1) is 0 Å². The molecule has 0 radical (unpaired) electrons. The van der Waals surface area contributed by atoms with Gasteiger partial charge in [0.2, 0.25) is 0 Å². The number of rotatable bonds is 5. The van der Waals surface area contributed by atoms with Crippen molar-refractivity contribution < 1.29 is 14.3 Å². The van der Waals surface area contributed by atoms with E-state index in [4.69, 9.17) is 16.3 Å². The SMILES string of the molecule is O=C(COC(=O)c1ccnc(Cl)c1)NCc1cccnc1. The van der Waals surface area contributed by atoms with Crippen LogP contribution in [0.5, 0.6) is 0 Å². The van der Waals surface area contributed by atoms with Gasteiger partial charge in [0, 0.05) is 25.1 Å². The minimum Gasteiger partial charge on any atom is -0.452 e. The Balaban J connectivity index is 1.77. The van der Waals surface area contributed by atoms with E-state index in [2.05, 4.69) is 15.3 Å². The number of hydrogen-bond acceptors (Lipinski definition) is 5. The molecule has 7 heteroatoms. The van der Waals surface area contributed by atoms with Crippen LogP contribution >= 0.6 is 11.6 Å². The predicted octanol–water partition coefficient (Wildman–Crippen LogP) is 1.60. The third-order valence-electron chi connectivity index (χ3n) is 2.51. The van der Waals surface area contributed by atoms with Gasteiger partial charge in [0.05, 0.1) is 5.56 Å². The highest BCUT2D eigenvalue weighted by Gasteiger charge is 2.10. The Morgan fingerprint density at radius 3 is 2.86 bits per heavy atom. The molecule has 0 saturated heterocycles. The van der Waals surface area contributed by atoms with Gasteiger partial charge in [-0.3, -0.25) is 9.78 Å². The van der Waals surface area contributed by atoms with Crippen LogP contribution in [0, 0.1) is 0 Å². The van der Waals surface area contributed by atoms with Gasteiger partial charge >= 0.3 is 5.97 Å². The van der Waals surface area contributed by atoms with E-state index in [1.165, 1.54) is 18.3 Å². The monoisotopic (exact) mass is 305 g/mol. The number of halogens is 1. The molecule has 1 N–H and O–H groups in total. The molecule has 2 aromatic rings. The van der Waals surface area contributed by atoms with Crippen LogP contribution in [0.4, 0.5) is 0 Å². The lowest BCUT2D eigenvalue weighted by atomic mass is 10.3. The highest BCUT2D eigenvalue weighted by molar-refractivity contribution is 6.29. The van der Waals surface area contributed by atoms with Crippen LogP contribution in [0.15, 0.2) is 42.9 Å². The molecule has 0 atom stereocenters. The first-order chi connectivity index (χ1) is 10.1. The molecule has 0 fully saturated rings. The van der Waals surface area contributed by atoms with Crippen molar-refractivity contribution in [2.45, 2.75) is 6.54 Å². The Morgan fingerprint density at radius 2 is 2.14 bits per heavy atom. The number of carbonyl (C=O) groups excluding carboxylic acids is 2. The molecule has 0 spiro atoms. The average Bonchev–Trinajstić information content (AvgIpc) is 2.51. The summed E-state index contributed by atoms with van der Waals surface area (Å²) >= 11 is 5.67. The van der Waals surface area contributed by atoms with Gasteiger partial charge in [-0.05, 0) is 23.8 Å². The minimum absolute atomic E-state index is 0.186. The first kappa shape index (κ1) is 14.9. The summed E-state index contributed by atoms with van der Waals surface area (Å²) in [5.41, 5.74) is 1.10. The Bertz CT molecular complexity index is 634. The van der Waals surface area contributed by atoms with Gasteiger partial charge in [-0.1, -0.05) is 17.7 Å². The van der Waals surface area contributed by atoms with Crippen molar-refractivity contribution in [3.05, 3.63) is 59.1 Å². The third-order valence-corrected chi connectivity index (χ3v) is 2.72. The number of ether oxygens (including phenoxy) is 1. The van der Waals surface area contributed by atoms with Gasteiger partial charge in [0.25, 0.3) is 5.91 Å². The molecule has 2 aromatic heterocycles. The largest absolute Gasteiger partial charge is 0.452 e. The fraction of sp³-hybridized carbons (Fsp3) is 0.143. The standard InChI is InChI=1S/C14H12ClN3O3/c15-12-6-11(3-5-17-12)14(20)21-9-13(19)18-8-10-2-1-4-16-7-10/h1-7H,8-9H2,(H,18,19). The van der Waals surface area contributed by atoms with Crippen LogP contribution in [0.3, 0.4) is 0 Å². The lowest BCUT2D eigenvalue weighted by Crippen LogP contribution is -2.28. The number of carbonyl (C=O) groups is 2. The summed E-state index contributed by atoms with van der Waals surface area (Å²) in [5, 5.41) is 2.81. The third kappa shape index (κ3) is 4.85. The zero-order valence-corrected chi connectivity index (χ0v) is 11.7. The Morgan fingerprint density at radius 1 is 1.29 bits per heavy atom. The number of esters is 1. The second-order valence-electron chi connectivity index (χ2n) is 4.08.